The summed E-state index contributed by atoms with van der Waals surface area (Å²) in [5.41, 5.74) is 1.59. The smallest absolute Gasteiger partial charge is 0.263 e. The Bertz CT molecular complexity index is 1170. The van der Waals surface area contributed by atoms with Crippen LogP contribution in [0, 0.1) is 5.82 Å². The number of aryl methyl sites for hydroxylation is 1. The lowest BCUT2D eigenvalue weighted by Crippen LogP contribution is -2.13. The summed E-state index contributed by atoms with van der Waals surface area (Å²) in [6.45, 7) is 1.45. The first-order chi connectivity index (χ1) is 14.2. The van der Waals surface area contributed by atoms with Crippen molar-refractivity contribution in [2.45, 2.75) is 24.7 Å². The Morgan fingerprint density at radius 1 is 1.13 bits per heavy atom. The first-order valence-corrected chi connectivity index (χ1v) is 11.2. The van der Waals surface area contributed by atoms with Crippen molar-refractivity contribution >= 4 is 43.9 Å². The number of hydrogen-bond acceptors (Lipinski definition) is 6. The van der Waals surface area contributed by atoms with E-state index in [4.69, 9.17) is 0 Å². The molecular formula is C20H18FN3O4S2. The number of carbonyl (C=O) groups is 2. The number of aromatic nitrogens is 1. The van der Waals surface area contributed by atoms with Crippen LogP contribution in [0.5, 0.6) is 0 Å². The number of nitrogens with one attached hydrogen (secondary N) is 2. The Morgan fingerprint density at radius 2 is 1.87 bits per heavy atom. The number of nitrogens with zero attached hydrogens (tertiary/aromatic N) is 1. The number of rotatable bonds is 8. The molecule has 1 heterocycles. The van der Waals surface area contributed by atoms with Crippen LogP contribution in [0.1, 0.15) is 29.4 Å². The molecule has 0 aliphatic heterocycles. The quantitative estimate of drug-likeness (QED) is 0.510. The molecule has 0 bridgehead atoms. The Labute approximate surface area is 177 Å². The van der Waals surface area contributed by atoms with Gasteiger partial charge >= 0.3 is 0 Å². The number of ketones is 1. The number of anilines is 2. The van der Waals surface area contributed by atoms with Crippen LogP contribution < -0.4 is 10.0 Å². The highest BCUT2D eigenvalue weighted by molar-refractivity contribution is 7.93. The van der Waals surface area contributed by atoms with Gasteiger partial charge in [-0.25, -0.2) is 17.8 Å². The first-order valence-electron chi connectivity index (χ1n) is 8.86. The highest BCUT2D eigenvalue weighted by Crippen LogP contribution is 2.21. The third-order valence-corrected chi connectivity index (χ3v) is 6.35. The van der Waals surface area contributed by atoms with Crippen molar-refractivity contribution < 1.29 is 22.4 Å². The van der Waals surface area contributed by atoms with Gasteiger partial charge in [0.2, 0.25) is 5.91 Å². The number of amides is 1. The molecule has 0 aliphatic rings. The summed E-state index contributed by atoms with van der Waals surface area (Å²) < 4.78 is 39.9. The molecule has 3 rings (SSSR count). The highest BCUT2D eigenvalue weighted by Gasteiger charge is 2.16. The summed E-state index contributed by atoms with van der Waals surface area (Å²) in [7, 11) is -3.88. The molecule has 0 spiro atoms. The molecule has 156 valence electrons. The molecular weight excluding hydrogens is 429 g/mol. The molecule has 0 saturated heterocycles. The first kappa shape index (κ1) is 21.6. The molecule has 0 fully saturated rings. The number of sulfonamides is 1. The van der Waals surface area contributed by atoms with E-state index in [-0.39, 0.29) is 28.1 Å². The normalized spacial score (nSPS) is 11.1. The lowest BCUT2D eigenvalue weighted by Gasteiger charge is -2.06. The van der Waals surface area contributed by atoms with Crippen molar-refractivity contribution in [1.29, 1.82) is 0 Å². The Kier molecular flexibility index (Phi) is 6.58. The summed E-state index contributed by atoms with van der Waals surface area (Å²) in [5.74, 6) is -0.877. The maximum absolute atomic E-state index is 13.0. The van der Waals surface area contributed by atoms with Gasteiger partial charge in [0.1, 0.15) is 5.82 Å². The largest absolute Gasteiger partial charge is 0.326 e. The average molecular weight is 448 g/mol. The summed E-state index contributed by atoms with van der Waals surface area (Å²) in [4.78, 5) is 27.7. The van der Waals surface area contributed by atoms with E-state index in [0.29, 0.717) is 23.4 Å². The number of Topliss-reactive ketones (excluding diaryl/α,β-unsaturated/α-hetero) is 1. The summed E-state index contributed by atoms with van der Waals surface area (Å²) in [6.07, 6.45) is 0.450. The fourth-order valence-corrected chi connectivity index (χ4v) is 4.53. The third kappa shape index (κ3) is 5.71. The number of hydrogen-bond donors (Lipinski definition) is 2. The van der Waals surface area contributed by atoms with Gasteiger partial charge in [-0.3, -0.25) is 14.3 Å². The van der Waals surface area contributed by atoms with Gasteiger partial charge in [0.15, 0.2) is 10.9 Å². The van der Waals surface area contributed by atoms with Gasteiger partial charge in [0.05, 0.1) is 10.6 Å². The molecule has 1 amide bonds. The fraction of sp³-hybridized carbons (Fsp3) is 0.150. The molecule has 0 saturated carbocycles. The van der Waals surface area contributed by atoms with Crippen molar-refractivity contribution in [3.63, 3.8) is 0 Å². The van der Waals surface area contributed by atoms with Crippen LogP contribution in [0.4, 0.5) is 15.2 Å². The predicted molar refractivity (Wildman–Crippen MR) is 113 cm³/mol. The molecule has 30 heavy (non-hydrogen) atoms. The third-order valence-electron chi connectivity index (χ3n) is 4.06. The number of halogens is 1. The predicted octanol–water partition coefficient (Wildman–Crippen LogP) is 3.86. The topological polar surface area (TPSA) is 105 Å². The molecule has 0 radical (unpaired) electrons. The molecule has 2 aromatic carbocycles. The molecule has 0 atom stereocenters. The van der Waals surface area contributed by atoms with Gasteiger partial charge in [-0.15, -0.1) is 11.3 Å². The zero-order chi connectivity index (χ0) is 21.7. The SMILES string of the molecule is CC(=O)c1cccc(NC(=O)CCc2csc(NS(=O)(=O)c3ccc(F)cc3)n2)c1. The van der Waals surface area contributed by atoms with Gasteiger partial charge in [-0.2, -0.15) is 0 Å². The second-order valence-electron chi connectivity index (χ2n) is 6.39. The highest BCUT2D eigenvalue weighted by atomic mass is 32.2. The monoisotopic (exact) mass is 447 g/mol. The van der Waals surface area contributed by atoms with Gasteiger partial charge in [-0.05, 0) is 49.7 Å². The van der Waals surface area contributed by atoms with Crippen LogP contribution in [0.15, 0.2) is 58.8 Å². The van der Waals surface area contributed by atoms with Gasteiger partial charge < -0.3 is 5.32 Å². The minimum absolute atomic E-state index is 0.0761. The second kappa shape index (κ2) is 9.14. The Morgan fingerprint density at radius 3 is 2.57 bits per heavy atom. The molecule has 0 aliphatic carbocycles. The molecule has 10 heteroatoms. The minimum Gasteiger partial charge on any atom is -0.326 e. The van der Waals surface area contributed by atoms with E-state index in [1.165, 1.54) is 6.92 Å². The second-order valence-corrected chi connectivity index (χ2v) is 8.93. The van der Waals surface area contributed by atoms with E-state index < -0.39 is 15.8 Å². The van der Waals surface area contributed by atoms with E-state index in [9.17, 15) is 22.4 Å². The van der Waals surface area contributed by atoms with Crippen LogP contribution >= 0.6 is 11.3 Å². The van der Waals surface area contributed by atoms with Gasteiger partial charge in [0.25, 0.3) is 10.0 Å². The number of thiazole rings is 1. The van der Waals surface area contributed by atoms with Crippen molar-refractivity contribution in [3.05, 3.63) is 71.0 Å². The van der Waals surface area contributed by atoms with Crippen molar-refractivity contribution in [3.8, 4) is 0 Å². The van der Waals surface area contributed by atoms with E-state index in [0.717, 1.165) is 35.6 Å². The summed E-state index contributed by atoms with van der Waals surface area (Å²) in [5, 5.41) is 4.54. The van der Waals surface area contributed by atoms with E-state index in [1.54, 1.807) is 29.6 Å². The van der Waals surface area contributed by atoms with Crippen molar-refractivity contribution in [2.75, 3.05) is 10.0 Å². The standard InChI is InChI=1S/C20H18FN3O4S2/c1-13(25)14-3-2-4-16(11-14)22-19(26)10-7-17-12-29-20(23-17)24-30(27,28)18-8-5-15(21)6-9-18/h2-6,8-9,11-12H,7,10H2,1H3,(H,22,26)(H,23,24). The molecule has 7 nitrogen and oxygen atoms in total. The fourth-order valence-electron chi connectivity index (χ4n) is 2.54. The Hall–Kier alpha value is -3.11. The van der Waals surface area contributed by atoms with E-state index in [2.05, 4.69) is 15.0 Å². The Balaban J connectivity index is 1.56. The lowest BCUT2D eigenvalue weighted by molar-refractivity contribution is -0.116. The number of carbonyl (C=O) groups excluding carboxylic acids is 2. The van der Waals surface area contributed by atoms with E-state index >= 15 is 0 Å². The molecule has 1 aromatic heterocycles. The van der Waals surface area contributed by atoms with Crippen LogP contribution in [0.25, 0.3) is 0 Å². The number of benzene rings is 2. The minimum atomic E-state index is -3.88. The summed E-state index contributed by atoms with van der Waals surface area (Å²) >= 11 is 1.09. The average Bonchev–Trinajstić information content (AvgIpc) is 3.13. The van der Waals surface area contributed by atoms with Crippen molar-refractivity contribution in [1.82, 2.24) is 4.98 Å². The molecule has 3 aromatic rings. The van der Waals surface area contributed by atoms with Crippen LogP contribution in [0.2, 0.25) is 0 Å². The molecule has 2 N–H and O–H groups in total. The van der Waals surface area contributed by atoms with Crippen LogP contribution in [-0.2, 0) is 21.2 Å². The summed E-state index contributed by atoms with van der Waals surface area (Å²) in [6, 6.07) is 11.1. The van der Waals surface area contributed by atoms with Crippen LogP contribution in [-0.4, -0.2) is 25.1 Å². The van der Waals surface area contributed by atoms with E-state index in [1.807, 2.05) is 0 Å². The van der Waals surface area contributed by atoms with Gasteiger partial charge in [-0.1, -0.05) is 12.1 Å². The van der Waals surface area contributed by atoms with Crippen molar-refractivity contribution in [2.24, 2.45) is 0 Å². The lowest BCUT2D eigenvalue weighted by atomic mass is 10.1. The maximum atomic E-state index is 13.0. The maximum Gasteiger partial charge on any atom is 0.263 e. The van der Waals surface area contributed by atoms with Gasteiger partial charge in [0, 0.05) is 23.1 Å². The molecule has 0 unspecified atom stereocenters. The zero-order valence-electron chi connectivity index (χ0n) is 15.9. The zero-order valence-corrected chi connectivity index (χ0v) is 17.5. The van der Waals surface area contributed by atoms with Crippen LogP contribution in [0.3, 0.4) is 0 Å².